The highest BCUT2D eigenvalue weighted by molar-refractivity contribution is 4.93. The Labute approximate surface area is 118 Å². The molecule has 0 aromatic carbocycles. The molecule has 0 aliphatic heterocycles. The maximum Gasteiger partial charge on any atom is 0.148 e. The van der Waals surface area contributed by atoms with Gasteiger partial charge in [0.15, 0.2) is 0 Å². The largest absolute Gasteiger partial charge is 0.307 e. The average molecular weight is 275 g/mol. The zero-order valence-electron chi connectivity index (χ0n) is 12.0. The molecule has 1 saturated carbocycles. The van der Waals surface area contributed by atoms with Gasteiger partial charge in [-0.15, -0.1) is 0 Å². The van der Waals surface area contributed by atoms with Crippen LogP contribution in [0.15, 0.2) is 12.7 Å². The third-order valence-corrected chi connectivity index (χ3v) is 3.35. The second kappa shape index (κ2) is 5.70. The highest BCUT2D eigenvalue weighted by Crippen LogP contribution is 2.19. The van der Waals surface area contributed by atoms with Crippen LogP contribution in [0.1, 0.15) is 38.3 Å². The van der Waals surface area contributed by atoms with Gasteiger partial charge in [0.25, 0.3) is 0 Å². The van der Waals surface area contributed by atoms with Crippen molar-refractivity contribution < 1.29 is 0 Å². The fourth-order valence-electron chi connectivity index (χ4n) is 2.12. The molecule has 3 rings (SSSR count). The van der Waals surface area contributed by atoms with Gasteiger partial charge >= 0.3 is 0 Å². The fraction of sp³-hybridized carbons (Fsp3) is 0.692. The minimum Gasteiger partial charge on any atom is -0.307 e. The summed E-state index contributed by atoms with van der Waals surface area (Å²) in [7, 11) is 0. The Balaban J connectivity index is 1.67. The Morgan fingerprint density at radius 1 is 1.15 bits per heavy atom. The lowest BCUT2D eigenvalue weighted by Gasteiger charge is -2.10. The Kier molecular flexibility index (Phi) is 3.77. The monoisotopic (exact) mass is 275 g/mol. The standard InChI is InChI=1S/C13H21N7/c1-10(2)6-19-13(16-9-17-19)7-20-12(15-8-18-20)5-14-11-3-4-11/h8-11,14H,3-7H2,1-2H3. The van der Waals surface area contributed by atoms with E-state index in [1.165, 1.54) is 12.8 Å². The van der Waals surface area contributed by atoms with Crippen LogP contribution in [-0.2, 0) is 19.6 Å². The Bertz CT molecular complexity index is 553. The summed E-state index contributed by atoms with van der Waals surface area (Å²) in [5, 5.41) is 12.0. The highest BCUT2D eigenvalue weighted by Gasteiger charge is 2.21. The molecule has 0 unspecified atom stereocenters. The molecule has 108 valence electrons. The van der Waals surface area contributed by atoms with Crippen LogP contribution in [0.25, 0.3) is 0 Å². The molecule has 20 heavy (non-hydrogen) atoms. The van der Waals surface area contributed by atoms with Crippen molar-refractivity contribution in [1.82, 2.24) is 34.8 Å². The van der Waals surface area contributed by atoms with Crippen LogP contribution in [0.3, 0.4) is 0 Å². The molecule has 2 aromatic heterocycles. The number of nitrogens with zero attached hydrogens (tertiary/aromatic N) is 6. The van der Waals surface area contributed by atoms with E-state index in [4.69, 9.17) is 0 Å². The van der Waals surface area contributed by atoms with Crippen molar-refractivity contribution in [3.63, 3.8) is 0 Å². The first-order valence-electron chi connectivity index (χ1n) is 7.19. The highest BCUT2D eigenvalue weighted by atomic mass is 15.4. The van der Waals surface area contributed by atoms with Crippen molar-refractivity contribution in [2.24, 2.45) is 5.92 Å². The summed E-state index contributed by atoms with van der Waals surface area (Å²) in [6, 6.07) is 0.671. The fourth-order valence-corrected chi connectivity index (χ4v) is 2.12. The molecule has 1 fully saturated rings. The molecule has 2 aromatic rings. The lowest BCUT2D eigenvalue weighted by atomic mass is 10.2. The van der Waals surface area contributed by atoms with Gasteiger partial charge in [0, 0.05) is 12.6 Å². The third-order valence-electron chi connectivity index (χ3n) is 3.35. The second-order valence-corrected chi connectivity index (χ2v) is 5.74. The van der Waals surface area contributed by atoms with Crippen LogP contribution >= 0.6 is 0 Å². The van der Waals surface area contributed by atoms with Crippen LogP contribution in [0.4, 0.5) is 0 Å². The van der Waals surface area contributed by atoms with E-state index < -0.39 is 0 Å². The molecule has 2 heterocycles. The molecule has 0 saturated heterocycles. The van der Waals surface area contributed by atoms with Crippen LogP contribution in [0, 0.1) is 5.92 Å². The molecule has 7 nitrogen and oxygen atoms in total. The molecule has 0 spiro atoms. The van der Waals surface area contributed by atoms with Crippen LogP contribution in [0.5, 0.6) is 0 Å². The van der Waals surface area contributed by atoms with Crippen molar-refractivity contribution in [3.05, 3.63) is 24.3 Å². The molecule has 0 atom stereocenters. The van der Waals surface area contributed by atoms with Crippen LogP contribution < -0.4 is 5.32 Å². The summed E-state index contributed by atoms with van der Waals surface area (Å²) in [6.07, 6.45) is 5.76. The Hall–Kier alpha value is -1.76. The van der Waals surface area contributed by atoms with Gasteiger partial charge in [-0.25, -0.2) is 19.3 Å². The van der Waals surface area contributed by atoms with Crippen molar-refractivity contribution in [2.45, 2.75) is 52.4 Å². The first-order chi connectivity index (χ1) is 9.72. The predicted molar refractivity (Wildman–Crippen MR) is 73.8 cm³/mol. The molecule has 7 heteroatoms. The summed E-state index contributed by atoms with van der Waals surface area (Å²) in [4.78, 5) is 8.65. The quantitative estimate of drug-likeness (QED) is 0.810. The summed E-state index contributed by atoms with van der Waals surface area (Å²) in [5.74, 6) is 2.43. The number of nitrogens with one attached hydrogen (secondary N) is 1. The van der Waals surface area contributed by atoms with Crippen molar-refractivity contribution in [2.75, 3.05) is 0 Å². The molecular weight excluding hydrogens is 254 g/mol. The van der Waals surface area contributed by atoms with Crippen molar-refractivity contribution in [3.8, 4) is 0 Å². The van der Waals surface area contributed by atoms with Gasteiger partial charge in [-0.2, -0.15) is 10.2 Å². The number of rotatable bonds is 7. The van der Waals surface area contributed by atoms with Gasteiger partial charge in [-0.1, -0.05) is 13.8 Å². The molecular formula is C13H21N7. The molecule has 0 bridgehead atoms. The summed E-state index contributed by atoms with van der Waals surface area (Å²) in [5.41, 5.74) is 0. The van der Waals surface area contributed by atoms with Crippen molar-refractivity contribution >= 4 is 0 Å². The van der Waals surface area contributed by atoms with E-state index in [9.17, 15) is 0 Å². The zero-order chi connectivity index (χ0) is 13.9. The predicted octanol–water partition coefficient (Wildman–Crippen LogP) is 0.826. The first kappa shape index (κ1) is 13.2. The van der Waals surface area contributed by atoms with E-state index in [0.717, 1.165) is 24.7 Å². The Morgan fingerprint density at radius 3 is 2.55 bits per heavy atom. The van der Waals surface area contributed by atoms with Gasteiger partial charge in [-0.05, 0) is 18.8 Å². The number of aromatic nitrogens is 6. The Morgan fingerprint density at radius 2 is 1.85 bits per heavy atom. The summed E-state index contributed by atoms with van der Waals surface area (Å²) in [6.45, 7) is 6.61. The van der Waals surface area contributed by atoms with E-state index in [0.29, 0.717) is 18.5 Å². The van der Waals surface area contributed by atoms with Gasteiger partial charge < -0.3 is 5.32 Å². The molecule has 1 aliphatic carbocycles. The lowest BCUT2D eigenvalue weighted by Crippen LogP contribution is -2.21. The van der Waals surface area contributed by atoms with E-state index in [1.807, 2.05) is 9.36 Å². The summed E-state index contributed by atoms with van der Waals surface area (Å²) < 4.78 is 3.85. The van der Waals surface area contributed by atoms with Gasteiger partial charge in [-0.3, -0.25) is 0 Å². The number of hydrogen-bond donors (Lipinski definition) is 1. The van der Waals surface area contributed by atoms with Crippen molar-refractivity contribution in [1.29, 1.82) is 0 Å². The number of hydrogen-bond acceptors (Lipinski definition) is 5. The minimum absolute atomic E-state index is 0.544. The lowest BCUT2D eigenvalue weighted by molar-refractivity contribution is 0.452. The maximum atomic E-state index is 4.34. The topological polar surface area (TPSA) is 73.5 Å². The molecule has 0 radical (unpaired) electrons. The van der Waals surface area contributed by atoms with Gasteiger partial charge in [0.05, 0.1) is 6.54 Å². The zero-order valence-corrected chi connectivity index (χ0v) is 12.0. The van der Waals surface area contributed by atoms with E-state index >= 15 is 0 Å². The molecule has 0 amide bonds. The van der Waals surface area contributed by atoms with Gasteiger partial charge in [0.2, 0.25) is 0 Å². The summed E-state index contributed by atoms with van der Waals surface area (Å²) >= 11 is 0. The normalized spacial score (nSPS) is 15.2. The first-order valence-corrected chi connectivity index (χ1v) is 7.19. The van der Waals surface area contributed by atoms with Crippen LogP contribution in [0.2, 0.25) is 0 Å². The average Bonchev–Trinajstić information content (AvgIpc) is 2.98. The second-order valence-electron chi connectivity index (χ2n) is 5.74. The smallest absolute Gasteiger partial charge is 0.148 e. The minimum atomic E-state index is 0.544. The molecule has 1 aliphatic rings. The van der Waals surface area contributed by atoms with Gasteiger partial charge in [0.1, 0.15) is 30.8 Å². The SMILES string of the molecule is CC(C)Cn1ncnc1Cn1ncnc1CNC1CC1. The maximum absolute atomic E-state index is 4.34. The molecule has 1 N–H and O–H groups in total. The van der Waals surface area contributed by atoms with E-state index in [1.54, 1.807) is 12.7 Å². The van der Waals surface area contributed by atoms with E-state index in [2.05, 4.69) is 39.3 Å². The van der Waals surface area contributed by atoms with E-state index in [-0.39, 0.29) is 0 Å². The van der Waals surface area contributed by atoms with Crippen LogP contribution in [-0.4, -0.2) is 35.6 Å². The third kappa shape index (κ3) is 3.22.